The van der Waals surface area contributed by atoms with Gasteiger partial charge in [0.25, 0.3) is 0 Å². The average molecular weight is 164 g/mol. The molecule has 0 N–H and O–H groups in total. The molecule has 0 aromatic carbocycles. The van der Waals surface area contributed by atoms with E-state index in [-0.39, 0.29) is 0 Å². The first-order chi connectivity index (χ1) is 5.93. The van der Waals surface area contributed by atoms with Gasteiger partial charge in [0.05, 0.1) is 12.8 Å². The summed E-state index contributed by atoms with van der Waals surface area (Å²) >= 11 is 0. The molecule has 0 saturated carbocycles. The first kappa shape index (κ1) is 9.04. The number of nitrogens with zero attached hydrogens (tertiary/aromatic N) is 1. The van der Waals surface area contributed by atoms with Gasteiger partial charge in [-0.15, -0.1) is 0 Å². The highest BCUT2D eigenvalue weighted by atomic mass is 16.5. The maximum absolute atomic E-state index is 5.41. The van der Waals surface area contributed by atoms with Crippen molar-refractivity contribution in [2.75, 3.05) is 6.61 Å². The molecule has 0 aliphatic heterocycles. The van der Waals surface area contributed by atoms with E-state index >= 15 is 0 Å². The summed E-state index contributed by atoms with van der Waals surface area (Å²) in [6, 6.07) is 4.67. The molecule has 0 spiro atoms. The van der Waals surface area contributed by atoms with Crippen LogP contribution in [0.4, 0.5) is 0 Å². The van der Waals surface area contributed by atoms with Crippen LogP contribution in [0.1, 0.15) is 26.2 Å². The van der Waals surface area contributed by atoms with E-state index in [4.69, 9.17) is 4.74 Å². The standard InChI is InChI=1S/C10H14NO/c1-2-3-4-8-12-10-6-5-7-11-9-10/h6-7,9H,2-4,8H2,1H3. The number of rotatable bonds is 5. The van der Waals surface area contributed by atoms with Gasteiger partial charge >= 0.3 is 0 Å². The van der Waals surface area contributed by atoms with Gasteiger partial charge in [-0.2, -0.15) is 0 Å². The molecule has 1 aromatic rings. The van der Waals surface area contributed by atoms with Crippen molar-refractivity contribution in [3.8, 4) is 5.75 Å². The van der Waals surface area contributed by atoms with Crippen LogP contribution in [-0.2, 0) is 0 Å². The fraction of sp³-hybridized carbons (Fsp3) is 0.500. The fourth-order valence-electron chi connectivity index (χ4n) is 0.931. The minimum absolute atomic E-state index is 0.785. The molecular weight excluding hydrogens is 150 g/mol. The van der Waals surface area contributed by atoms with E-state index in [9.17, 15) is 0 Å². The third-order valence-corrected chi connectivity index (χ3v) is 1.59. The third-order valence-electron chi connectivity index (χ3n) is 1.59. The van der Waals surface area contributed by atoms with Gasteiger partial charge in [-0.25, -0.2) is 0 Å². The van der Waals surface area contributed by atoms with Crippen LogP contribution in [0.25, 0.3) is 0 Å². The van der Waals surface area contributed by atoms with Gasteiger partial charge in [0.1, 0.15) is 5.75 Å². The van der Waals surface area contributed by atoms with E-state index in [1.165, 1.54) is 12.8 Å². The number of hydrogen-bond donors (Lipinski definition) is 0. The third kappa shape index (κ3) is 3.37. The molecule has 0 fully saturated rings. The summed E-state index contributed by atoms with van der Waals surface area (Å²) in [5.74, 6) is 0.814. The molecular formula is C10H14NO. The highest BCUT2D eigenvalue weighted by Crippen LogP contribution is 2.06. The van der Waals surface area contributed by atoms with Gasteiger partial charge in [-0.05, 0) is 12.5 Å². The summed E-state index contributed by atoms with van der Waals surface area (Å²) in [7, 11) is 0. The van der Waals surface area contributed by atoms with Gasteiger partial charge in [0.2, 0.25) is 0 Å². The maximum Gasteiger partial charge on any atom is 0.138 e. The van der Waals surface area contributed by atoms with Crippen molar-refractivity contribution in [1.82, 2.24) is 4.98 Å². The maximum atomic E-state index is 5.41. The molecule has 65 valence electrons. The smallest absolute Gasteiger partial charge is 0.138 e. The summed E-state index contributed by atoms with van der Waals surface area (Å²) in [5, 5.41) is 0. The summed E-state index contributed by atoms with van der Waals surface area (Å²) in [5.41, 5.74) is 0. The van der Waals surface area contributed by atoms with Gasteiger partial charge in [0, 0.05) is 12.3 Å². The molecule has 2 nitrogen and oxygen atoms in total. The molecule has 0 aliphatic rings. The number of unbranched alkanes of at least 4 members (excludes halogenated alkanes) is 2. The molecule has 1 heterocycles. The predicted octanol–water partition coefficient (Wildman–Crippen LogP) is 2.45. The summed E-state index contributed by atoms with van der Waals surface area (Å²) < 4.78 is 5.41. The minimum Gasteiger partial charge on any atom is -0.492 e. The number of hydrogen-bond acceptors (Lipinski definition) is 2. The Morgan fingerprint density at radius 2 is 2.42 bits per heavy atom. The summed E-state index contributed by atoms with van der Waals surface area (Å²) in [6.45, 7) is 2.96. The van der Waals surface area contributed by atoms with Crippen molar-refractivity contribution in [2.24, 2.45) is 0 Å². The fourth-order valence-corrected chi connectivity index (χ4v) is 0.931. The molecule has 1 rings (SSSR count). The lowest BCUT2D eigenvalue weighted by Crippen LogP contribution is -1.96. The van der Waals surface area contributed by atoms with Crippen molar-refractivity contribution >= 4 is 0 Å². The second-order valence-electron chi connectivity index (χ2n) is 2.68. The quantitative estimate of drug-likeness (QED) is 0.623. The summed E-state index contributed by atoms with van der Waals surface area (Å²) in [6.07, 6.45) is 6.90. The molecule has 0 aliphatic carbocycles. The van der Waals surface area contributed by atoms with Crippen LogP contribution in [0, 0.1) is 6.07 Å². The van der Waals surface area contributed by atoms with Crippen LogP contribution in [-0.4, -0.2) is 11.6 Å². The van der Waals surface area contributed by atoms with Crippen molar-refractivity contribution in [1.29, 1.82) is 0 Å². The normalized spacial score (nSPS) is 9.75. The van der Waals surface area contributed by atoms with E-state index in [0.29, 0.717) is 0 Å². The van der Waals surface area contributed by atoms with Crippen LogP contribution in [0.2, 0.25) is 0 Å². The van der Waals surface area contributed by atoms with E-state index < -0.39 is 0 Å². The van der Waals surface area contributed by atoms with Crippen molar-refractivity contribution < 1.29 is 4.74 Å². The number of ether oxygens (including phenoxy) is 1. The largest absolute Gasteiger partial charge is 0.492 e. The molecule has 0 amide bonds. The average Bonchev–Trinajstić information content (AvgIpc) is 2.14. The summed E-state index contributed by atoms with van der Waals surface area (Å²) in [4.78, 5) is 3.90. The number of pyridine rings is 1. The molecule has 0 atom stereocenters. The Hall–Kier alpha value is -1.05. The first-order valence-electron chi connectivity index (χ1n) is 4.37. The SMILES string of the molecule is CCCCCOc1c[c]cnc1. The Balaban J connectivity index is 2.16. The van der Waals surface area contributed by atoms with Gasteiger partial charge in [-0.3, -0.25) is 4.98 Å². The highest BCUT2D eigenvalue weighted by Gasteiger charge is 1.90. The number of aromatic nitrogens is 1. The monoisotopic (exact) mass is 164 g/mol. The van der Waals surface area contributed by atoms with Crippen molar-refractivity contribution in [3.05, 3.63) is 24.5 Å². The van der Waals surface area contributed by atoms with Gasteiger partial charge in [-0.1, -0.05) is 19.8 Å². The highest BCUT2D eigenvalue weighted by molar-refractivity contribution is 5.14. The predicted molar refractivity (Wildman–Crippen MR) is 48.1 cm³/mol. The van der Waals surface area contributed by atoms with Gasteiger partial charge in [0.15, 0.2) is 0 Å². The lowest BCUT2D eigenvalue weighted by Gasteiger charge is -2.03. The molecule has 12 heavy (non-hydrogen) atoms. The molecule has 0 bridgehead atoms. The Morgan fingerprint density at radius 3 is 3.08 bits per heavy atom. The van der Waals surface area contributed by atoms with E-state index in [1.54, 1.807) is 18.5 Å². The van der Waals surface area contributed by atoms with E-state index in [0.717, 1.165) is 18.8 Å². The Morgan fingerprint density at radius 1 is 1.50 bits per heavy atom. The lowest BCUT2D eigenvalue weighted by atomic mass is 10.3. The molecule has 2 heteroatoms. The van der Waals surface area contributed by atoms with Crippen LogP contribution >= 0.6 is 0 Å². The first-order valence-corrected chi connectivity index (χ1v) is 4.37. The second kappa shape index (κ2) is 5.58. The zero-order chi connectivity index (χ0) is 8.65. The van der Waals surface area contributed by atoms with E-state index in [1.807, 2.05) is 0 Å². The second-order valence-corrected chi connectivity index (χ2v) is 2.68. The lowest BCUT2D eigenvalue weighted by molar-refractivity contribution is 0.305. The molecule has 0 unspecified atom stereocenters. The van der Waals surface area contributed by atoms with Crippen LogP contribution in [0.3, 0.4) is 0 Å². The molecule has 1 aromatic heterocycles. The van der Waals surface area contributed by atoms with E-state index in [2.05, 4.69) is 18.0 Å². The van der Waals surface area contributed by atoms with Crippen LogP contribution < -0.4 is 4.74 Å². The molecule has 1 radical (unpaired) electrons. The Bertz CT molecular complexity index is 198. The van der Waals surface area contributed by atoms with Crippen molar-refractivity contribution in [3.63, 3.8) is 0 Å². The zero-order valence-corrected chi connectivity index (χ0v) is 7.42. The minimum atomic E-state index is 0.785. The Kier molecular flexibility index (Phi) is 4.21. The zero-order valence-electron chi connectivity index (χ0n) is 7.42. The molecule has 0 saturated heterocycles. The van der Waals surface area contributed by atoms with Gasteiger partial charge < -0.3 is 4.74 Å². The van der Waals surface area contributed by atoms with Crippen LogP contribution in [0.15, 0.2) is 18.5 Å². The Labute approximate surface area is 73.6 Å². The topological polar surface area (TPSA) is 22.1 Å². The van der Waals surface area contributed by atoms with Crippen molar-refractivity contribution in [2.45, 2.75) is 26.2 Å². The van der Waals surface area contributed by atoms with Crippen LogP contribution in [0.5, 0.6) is 5.75 Å².